The molecular weight excluding hydrogens is 360 g/mol. The van der Waals surface area contributed by atoms with Crippen LogP contribution in [-0.2, 0) is 11.4 Å². The number of ether oxygens (including phenoxy) is 1. The first-order valence-corrected chi connectivity index (χ1v) is 9.70. The van der Waals surface area contributed by atoms with Gasteiger partial charge in [0.25, 0.3) is 0 Å². The van der Waals surface area contributed by atoms with Gasteiger partial charge in [0, 0.05) is 5.69 Å². The van der Waals surface area contributed by atoms with Gasteiger partial charge >= 0.3 is 0 Å². The molecule has 0 spiro atoms. The van der Waals surface area contributed by atoms with Gasteiger partial charge in [0.2, 0.25) is 11.1 Å². The van der Waals surface area contributed by atoms with Crippen molar-refractivity contribution in [3.63, 3.8) is 0 Å². The van der Waals surface area contributed by atoms with Gasteiger partial charge < -0.3 is 10.1 Å². The number of hydrogen-bond acceptors (Lipinski definition) is 5. The SMILES string of the molecule is CC(C)c1ccc(OCc2nc(SCC(=O)Nc3ccccc3)n[nH]2)cc1. The minimum absolute atomic E-state index is 0.0981. The topological polar surface area (TPSA) is 79.9 Å². The summed E-state index contributed by atoms with van der Waals surface area (Å²) in [6.45, 7) is 4.61. The number of H-pyrrole nitrogens is 1. The quantitative estimate of drug-likeness (QED) is 0.570. The Hall–Kier alpha value is -2.80. The third kappa shape index (κ3) is 5.86. The molecule has 0 radical (unpaired) electrons. The fourth-order valence-corrected chi connectivity index (χ4v) is 2.97. The number of nitrogens with zero attached hydrogens (tertiary/aromatic N) is 2. The smallest absolute Gasteiger partial charge is 0.234 e. The van der Waals surface area contributed by atoms with E-state index in [0.29, 0.717) is 23.5 Å². The summed E-state index contributed by atoms with van der Waals surface area (Å²) in [5.74, 6) is 2.04. The number of carbonyl (C=O) groups is 1. The molecule has 2 N–H and O–H groups in total. The van der Waals surface area contributed by atoms with E-state index in [-0.39, 0.29) is 11.7 Å². The van der Waals surface area contributed by atoms with E-state index in [2.05, 4.69) is 46.5 Å². The zero-order valence-electron chi connectivity index (χ0n) is 15.3. The Morgan fingerprint density at radius 2 is 1.89 bits per heavy atom. The molecule has 2 aromatic carbocycles. The maximum Gasteiger partial charge on any atom is 0.234 e. The van der Waals surface area contributed by atoms with E-state index in [1.807, 2.05) is 42.5 Å². The van der Waals surface area contributed by atoms with Gasteiger partial charge in [-0.25, -0.2) is 4.98 Å². The van der Waals surface area contributed by atoms with Gasteiger partial charge in [0.1, 0.15) is 12.4 Å². The van der Waals surface area contributed by atoms with Crippen molar-refractivity contribution in [3.8, 4) is 5.75 Å². The molecule has 0 aliphatic heterocycles. The number of amides is 1. The summed E-state index contributed by atoms with van der Waals surface area (Å²) in [5, 5.41) is 10.3. The van der Waals surface area contributed by atoms with E-state index in [1.54, 1.807) is 0 Å². The van der Waals surface area contributed by atoms with Crippen LogP contribution < -0.4 is 10.1 Å². The second-order valence-corrected chi connectivity index (χ2v) is 7.22. The van der Waals surface area contributed by atoms with Crippen molar-refractivity contribution in [1.29, 1.82) is 0 Å². The molecule has 0 unspecified atom stereocenters. The lowest BCUT2D eigenvalue weighted by molar-refractivity contribution is -0.113. The van der Waals surface area contributed by atoms with Gasteiger partial charge in [-0.3, -0.25) is 9.89 Å². The molecule has 6 nitrogen and oxygen atoms in total. The highest BCUT2D eigenvalue weighted by Gasteiger charge is 2.09. The van der Waals surface area contributed by atoms with Crippen molar-refractivity contribution >= 4 is 23.4 Å². The van der Waals surface area contributed by atoms with Crippen LogP contribution >= 0.6 is 11.8 Å². The Labute approximate surface area is 162 Å². The van der Waals surface area contributed by atoms with Crippen LogP contribution in [0, 0.1) is 0 Å². The first-order chi connectivity index (χ1) is 13.1. The van der Waals surface area contributed by atoms with E-state index in [1.165, 1.54) is 17.3 Å². The van der Waals surface area contributed by atoms with Gasteiger partial charge in [-0.15, -0.1) is 5.10 Å². The van der Waals surface area contributed by atoms with E-state index in [0.717, 1.165) is 11.4 Å². The normalized spacial score (nSPS) is 10.8. The number of para-hydroxylation sites is 1. The average molecular weight is 382 g/mol. The third-order valence-corrected chi connectivity index (χ3v) is 4.67. The van der Waals surface area contributed by atoms with Crippen molar-refractivity contribution in [1.82, 2.24) is 15.2 Å². The lowest BCUT2D eigenvalue weighted by Gasteiger charge is -2.07. The second-order valence-electron chi connectivity index (χ2n) is 6.28. The van der Waals surface area contributed by atoms with Crippen LogP contribution in [-0.4, -0.2) is 26.8 Å². The molecule has 0 bridgehead atoms. The molecule has 0 saturated heterocycles. The number of thioether (sulfide) groups is 1. The average Bonchev–Trinajstić information content (AvgIpc) is 3.14. The van der Waals surface area contributed by atoms with E-state index in [9.17, 15) is 4.79 Å². The standard InChI is InChI=1S/C20H22N4O2S/c1-14(2)15-8-10-17(11-9-15)26-12-18-22-20(24-23-18)27-13-19(25)21-16-6-4-3-5-7-16/h3-11,14H,12-13H2,1-2H3,(H,21,25)(H,22,23,24). The molecule has 1 amide bonds. The molecule has 7 heteroatoms. The zero-order chi connectivity index (χ0) is 19.1. The molecule has 3 aromatic rings. The van der Waals surface area contributed by atoms with Crippen LogP contribution in [0.4, 0.5) is 5.69 Å². The molecule has 1 heterocycles. The molecule has 27 heavy (non-hydrogen) atoms. The highest BCUT2D eigenvalue weighted by atomic mass is 32.2. The second kappa shape index (κ2) is 9.23. The Balaban J connectivity index is 1.44. The number of aromatic amines is 1. The molecule has 1 aromatic heterocycles. The van der Waals surface area contributed by atoms with Gasteiger partial charge in [-0.05, 0) is 35.7 Å². The predicted molar refractivity (Wildman–Crippen MR) is 107 cm³/mol. The first-order valence-electron chi connectivity index (χ1n) is 8.72. The van der Waals surface area contributed by atoms with E-state index < -0.39 is 0 Å². The summed E-state index contributed by atoms with van der Waals surface area (Å²) in [4.78, 5) is 16.3. The van der Waals surface area contributed by atoms with Crippen LogP contribution in [0.5, 0.6) is 5.75 Å². The molecule has 0 fully saturated rings. The largest absolute Gasteiger partial charge is 0.486 e. The minimum Gasteiger partial charge on any atom is -0.486 e. The van der Waals surface area contributed by atoms with Crippen LogP contribution in [0.2, 0.25) is 0 Å². The fraction of sp³-hybridized carbons (Fsp3) is 0.250. The number of nitrogens with one attached hydrogen (secondary N) is 2. The molecule has 0 aliphatic rings. The van der Waals surface area contributed by atoms with E-state index in [4.69, 9.17) is 4.74 Å². The summed E-state index contributed by atoms with van der Waals surface area (Å²) >= 11 is 1.27. The molecule has 0 aliphatic carbocycles. The van der Waals surface area contributed by atoms with Gasteiger partial charge in [0.05, 0.1) is 5.75 Å². The number of carbonyl (C=O) groups excluding carboxylic acids is 1. The molecular formula is C20H22N4O2S. The Bertz CT molecular complexity index is 863. The summed E-state index contributed by atoms with van der Waals surface area (Å²) in [6.07, 6.45) is 0. The maximum absolute atomic E-state index is 12.0. The number of anilines is 1. The van der Waals surface area contributed by atoms with Gasteiger partial charge in [0.15, 0.2) is 5.82 Å². The fourth-order valence-electron chi connectivity index (χ4n) is 2.36. The molecule has 3 rings (SSSR count). The van der Waals surface area contributed by atoms with Crippen molar-refractivity contribution < 1.29 is 9.53 Å². The maximum atomic E-state index is 12.0. The Kier molecular flexibility index (Phi) is 6.49. The summed E-state index contributed by atoms with van der Waals surface area (Å²) in [7, 11) is 0. The predicted octanol–water partition coefficient (Wildman–Crippen LogP) is 4.24. The summed E-state index contributed by atoms with van der Waals surface area (Å²) in [6, 6.07) is 17.4. The summed E-state index contributed by atoms with van der Waals surface area (Å²) in [5.41, 5.74) is 2.05. The highest BCUT2D eigenvalue weighted by molar-refractivity contribution is 7.99. The highest BCUT2D eigenvalue weighted by Crippen LogP contribution is 2.19. The lowest BCUT2D eigenvalue weighted by Crippen LogP contribution is -2.13. The van der Waals surface area contributed by atoms with Crippen molar-refractivity contribution in [3.05, 3.63) is 66.0 Å². The van der Waals surface area contributed by atoms with Crippen molar-refractivity contribution in [2.45, 2.75) is 31.5 Å². The molecule has 140 valence electrons. The monoisotopic (exact) mass is 382 g/mol. The van der Waals surface area contributed by atoms with Crippen LogP contribution in [0.3, 0.4) is 0 Å². The molecule has 0 atom stereocenters. The van der Waals surface area contributed by atoms with Gasteiger partial charge in [-0.1, -0.05) is 55.9 Å². The Morgan fingerprint density at radius 3 is 2.59 bits per heavy atom. The minimum atomic E-state index is -0.0981. The third-order valence-electron chi connectivity index (χ3n) is 3.82. The lowest BCUT2D eigenvalue weighted by atomic mass is 10.0. The van der Waals surface area contributed by atoms with E-state index >= 15 is 0 Å². The van der Waals surface area contributed by atoms with Crippen LogP contribution in [0.15, 0.2) is 59.8 Å². The number of hydrogen-bond donors (Lipinski definition) is 2. The molecule has 0 saturated carbocycles. The zero-order valence-corrected chi connectivity index (χ0v) is 16.1. The van der Waals surface area contributed by atoms with Crippen LogP contribution in [0.25, 0.3) is 0 Å². The van der Waals surface area contributed by atoms with Crippen molar-refractivity contribution in [2.75, 3.05) is 11.1 Å². The number of benzene rings is 2. The Morgan fingerprint density at radius 1 is 1.15 bits per heavy atom. The summed E-state index contributed by atoms with van der Waals surface area (Å²) < 4.78 is 5.72. The number of rotatable bonds is 8. The first kappa shape index (κ1) is 19.0. The number of aromatic nitrogens is 3. The van der Waals surface area contributed by atoms with Crippen LogP contribution in [0.1, 0.15) is 31.2 Å². The van der Waals surface area contributed by atoms with Gasteiger partial charge in [-0.2, -0.15) is 0 Å². The van der Waals surface area contributed by atoms with Crippen molar-refractivity contribution in [2.24, 2.45) is 0 Å².